The molecule has 4 rings (SSSR count). The van der Waals surface area contributed by atoms with Crippen molar-refractivity contribution in [2.75, 3.05) is 12.4 Å². The molecule has 0 bridgehead atoms. The molecule has 0 saturated carbocycles. The van der Waals surface area contributed by atoms with Crippen LogP contribution in [0.4, 0.5) is 0 Å². The average Bonchev–Trinajstić information content (AvgIpc) is 3.16. The highest BCUT2D eigenvalue weighted by atomic mass is 32.2. The number of thioether (sulfide) groups is 1. The number of benzene rings is 1. The lowest BCUT2D eigenvalue weighted by Crippen LogP contribution is -2.47. The van der Waals surface area contributed by atoms with Crippen LogP contribution in [0.3, 0.4) is 0 Å². The van der Waals surface area contributed by atoms with Crippen molar-refractivity contribution in [1.82, 2.24) is 10.2 Å². The largest absolute Gasteiger partial charge is 0.454 e. The lowest BCUT2D eigenvalue weighted by molar-refractivity contribution is -0.156. The molecule has 1 aliphatic carbocycles. The first-order valence-electron chi connectivity index (χ1n) is 9.48. The van der Waals surface area contributed by atoms with Gasteiger partial charge in [0.2, 0.25) is 5.91 Å². The number of carbonyl (C=O) groups is 3. The van der Waals surface area contributed by atoms with Crippen molar-refractivity contribution >= 4 is 29.5 Å². The number of hydrogen-bond donors (Lipinski definition) is 1. The molecular formula is C20H24N2O4S. The molecular weight excluding hydrogens is 364 g/mol. The van der Waals surface area contributed by atoms with E-state index in [9.17, 15) is 14.4 Å². The van der Waals surface area contributed by atoms with Crippen molar-refractivity contribution in [1.29, 1.82) is 0 Å². The first kappa shape index (κ1) is 18.3. The predicted octanol–water partition coefficient (Wildman–Crippen LogP) is 2.18. The number of fused-ring (bicyclic) bond motifs is 2. The van der Waals surface area contributed by atoms with Gasteiger partial charge in [-0.25, -0.2) is 4.79 Å². The summed E-state index contributed by atoms with van der Waals surface area (Å²) in [7, 11) is 0. The highest BCUT2D eigenvalue weighted by Crippen LogP contribution is 2.47. The molecule has 2 fully saturated rings. The number of ether oxygens (including phenoxy) is 1. The number of rotatable bonds is 4. The average molecular weight is 388 g/mol. The van der Waals surface area contributed by atoms with E-state index in [-0.39, 0.29) is 29.3 Å². The fourth-order valence-corrected chi connectivity index (χ4v) is 5.78. The Labute approximate surface area is 163 Å². The quantitative estimate of drug-likeness (QED) is 0.800. The van der Waals surface area contributed by atoms with Gasteiger partial charge in [0.15, 0.2) is 6.61 Å². The van der Waals surface area contributed by atoms with E-state index in [0.29, 0.717) is 12.2 Å². The van der Waals surface area contributed by atoms with Crippen LogP contribution in [0.25, 0.3) is 0 Å². The third kappa shape index (κ3) is 3.45. The fraction of sp³-hybridized carbons (Fsp3) is 0.550. The maximum absolute atomic E-state index is 12.5. The van der Waals surface area contributed by atoms with E-state index in [1.165, 1.54) is 5.56 Å². The maximum atomic E-state index is 12.5. The minimum Gasteiger partial charge on any atom is -0.454 e. The molecule has 2 aliphatic heterocycles. The molecule has 2 heterocycles. The van der Waals surface area contributed by atoms with Gasteiger partial charge in [-0.2, -0.15) is 0 Å². The first-order chi connectivity index (χ1) is 13.0. The standard InChI is InChI=1S/C20H24N2O4S/c1-20-10-9-18(24)22(20)16(12-27-20)19(25)26-11-17(23)21-15-8-4-6-13-5-2-3-7-14(13)15/h2-3,5,7,15-16H,4,6,8-12H2,1H3,(H,21,23)/t15-,16-,20-/m1/s1. The van der Waals surface area contributed by atoms with Gasteiger partial charge in [0.05, 0.1) is 10.9 Å². The van der Waals surface area contributed by atoms with Crippen LogP contribution in [0.5, 0.6) is 0 Å². The van der Waals surface area contributed by atoms with Gasteiger partial charge in [-0.1, -0.05) is 24.3 Å². The zero-order chi connectivity index (χ0) is 19.0. The zero-order valence-electron chi connectivity index (χ0n) is 15.4. The third-order valence-electron chi connectivity index (χ3n) is 5.77. The summed E-state index contributed by atoms with van der Waals surface area (Å²) < 4.78 is 5.26. The Bertz CT molecular complexity index is 783. The van der Waals surface area contributed by atoms with Crippen molar-refractivity contribution in [2.24, 2.45) is 0 Å². The minimum atomic E-state index is -0.585. The first-order valence-corrected chi connectivity index (χ1v) is 10.5. The van der Waals surface area contributed by atoms with Crippen LogP contribution in [-0.2, 0) is 25.5 Å². The molecule has 27 heavy (non-hydrogen) atoms. The number of esters is 1. The number of aryl methyl sites for hydroxylation is 1. The molecule has 3 atom stereocenters. The van der Waals surface area contributed by atoms with E-state index >= 15 is 0 Å². The van der Waals surface area contributed by atoms with E-state index in [1.54, 1.807) is 16.7 Å². The summed E-state index contributed by atoms with van der Waals surface area (Å²) in [4.78, 5) is 38.2. The van der Waals surface area contributed by atoms with Crippen molar-refractivity contribution in [3.05, 3.63) is 35.4 Å². The molecule has 6 nitrogen and oxygen atoms in total. The summed E-state index contributed by atoms with van der Waals surface area (Å²) in [5.41, 5.74) is 2.41. The Morgan fingerprint density at radius 3 is 3.00 bits per heavy atom. The highest BCUT2D eigenvalue weighted by Gasteiger charge is 2.53. The molecule has 2 saturated heterocycles. The van der Waals surface area contributed by atoms with Crippen LogP contribution >= 0.6 is 11.8 Å². The summed E-state index contributed by atoms with van der Waals surface area (Å²) in [5.74, 6) is -0.266. The second-order valence-electron chi connectivity index (χ2n) is 7.58. The fourth-order valence-electron chi connectivity index (χ4n) is 4.37. The van der Waals surface area contributed by atoms with Crippen molar-refractivity contribution in [3.63, 3.8) is 0 Å². The topological polar surface area (TPSA) is 75.7 Å². The van der Waals surface area contributed by atoms with Gasteiger partial charge in [0.1, 0.15) is 6.04 Å². The molecule has 1 aromatic rings. The predicted molar refractivity (Wildman–Crippen MR) is 102 cm³/mol. The van der Waals surface area contributed by atoms with Crippen molar-refractivity contribution < 1.29 is 19.1 Å². The van der Waals surface area contributed by atoms with Crippen LogP contribution < -0.4 is 5.32 Å². The lowest BCUT2D eigenvalue weighted by Gasteiger charge is -2.29. The van der Waals surface area contributed by atoms with Crippen LogP contribution in [-0.4, -0.2) is 46.0 Å². The van der Waals surface area contributed by atoms with Gasteiger partial charge in [-0.15, -0.1) is 11.8 Å². The van der Waals surface area contributed by atoms with Gasteiger partial charge in [-0.3, -0.25) is 9.59 Å². The SMILES string of the molecule is C[C@@]12CCC(=O)N1[C@@H](C(=O)OCC(=O)N[C@@H]1CCCc3ccccc31)CS2. The molecule has 0 spiro atoms. The Morgan fingerprint density at radius 1 is 1.33 bits per heavy atom. The minimum absolute atomic E-state index is 0.00675. The second-order valence-corrected chi connectivity index (χ2v) is 9.09. The van der Waals surface area contributed by atoms with Crippen LogP contribution in [0.1, 0.15) is 49.8 Å². The van der Waals surface area contributed by atoms with Gasteiger partial charge < -0.3 is 15.0 Å². The van der Waals surface area contributed by atoms with E-state index in [2.05, 4.69) is 11.4 Å². The second kappa shape index (κ2) is 7.19. The molecule has 0 radical (unpaired) electrons. The molecule has 0 unspecified atom stereocenters. The zero-order valence-corrected chi connectivity index (χ0v) is 16.2. The number of nitrogens with zero attached hydrogens (tertiary/aromatic N) is 1. The van der Waals surface area contributed by atoms with Gasteiger partial charge in [-0.05, 0) is 43.7 Å². The number of amides is 2. The third-order valence-corrected chi connectivity index (χ3v) is 7.27. The Balaban J connectivity index is 1.33. The Hall–Kier alpha value is -2.02. The van der Waals surface area contributed by atoms with E-state index < -0.39 is 12.0 Å². The molecule has 1 aromatic carbocycles. The summed E-state index contributed by atoms with van der Waals surface area (Å²) >= 11 is 1.61. The Kier molecular flexibility index (Phi) is 4.88. The smallest absolute Gasteiger partial charge is 0.330 e. The molecule has 144 valence electrons. The number of carbonyl (C=O) groups excluding carboxylic acids is 3. The molecule has 7 heteroatoms. The van der Waals surface area contributed by atoms with Crippen molar-refractivity contribution in [2.45, 2.75) is 56.0 Å². The summed E-state index contributed by atoms with van der Waals surface area (Å²) in [6, 6.07) is 7.50. The Morgan fingerprint density at radius 2 is 2.15 bits per heavy atom. The van der Waals surface area contributed by atoms with Gasteiger partial charge >= 0.3 is 5.97 Å². The highest BCUT2D eigenvalue weighted by molar-refractivity contribution is 8.01. The van der Waals surface area contributed by atoms with Crippen molar-refractivity contribution in [3.8, 4) is 0 Å². The van der Waals surface area contributed by atoms with Crippen LogP contribution in [0.15, 0.2) is 24.3 Å². The molecule has 2 amide bonds. The summed E-state index contributed by atoms with van der Waals surface area (Å²) in [6.45, 7) is 1.68. The summed E-state index contributed by atoms with van der Waals surface area (Å²) in [5, 5.41) is 2.98. The van der Waals surface area contributed by atoms with Gasteiger partial charge in [0.25, 0.3) is 5.91 Å². The summed E-state index contributed by atoms with van der Waals surface area (Å²) in [6.07, 6.45) is 4.16. The van der Waals surface area contributed by atoms with E-state index in [1.807, 2.05) is 25.1 Å². The van der Waals surface area contributed by atoms with E-state index in [0.717, 1.165) is 31.2 Å². The van der Waals surface area contributed by atoms with Crippen LogP contribution in [0.2, 0.25) is 0 Å². The molecule has 1 N–H and O–H groups in total. The molecule has 3 aliphatic rings. The maximum Gasteiger partial charge on any atom is 0.330 e. The lowest BCUT2D eigenvalue weighted by atomic mass is 9.88. The van der Waals surface area contributed by atoms with E-state index in [4.69, 9.17) is 4.74 Å². The molecule has 0 aromatic heterocycles. The van der Waals surface area contributed by atoms with Gasteiger partial charge in [0, 0.05) is 12.2 Å². The van der Waals surface area contributed by atoms with Crippen LogP contribution in [0, 0.1) is 0 Å². The number of nitrogens with one attached hydrogen (secondary N) is 1. The number of hydrogen-bond acceptors (Lipinski definition) is 5. The monoisotopic (exact) mass is 388 g/mol. The normalized spacial score (nSPS) is 29.2.